The average molecular weight is 536 g/mol. The van der Waals surface area contributed by atoms with Crippen molar-refractivity contribution in [2.75, 3.05) is 31.9 Å². The maximum atomic E-state index is 13.2. The Labute approximate surface area is 233 Å². The molecule has 2 aliphatic rings. The summed E-state index contributed by atoms with van der Waals surface area (Å²) in [6.45, 7) is 2.99. The third-order valence-electron chi connectivity index (χ3n) is 7.83. The number of nitrogens with zero attached hydrogens (tertiary/aromatic N) is 4. The molecule has 2 aromatic heterocycles. The first-order chi connectivity index (χ1) is 19.5. The molecular weight excluding hydrogens is 502 g/mol. The number of rotatable bonds is 6. The first-order valence-electron chi connectivity index (χ1n) is 13.8. The van der Waals surface area contributed by atoms with Crippen LogP contribution in [-0.4, -0.2) is 63.7 Å². The Balaban J connectivity index is 1.09. The zero-order chi connectivity index (χ0) is 27.5. The van der Waals surface area contributed by atoms with Crippen molar-refractivity contribution in [2.24, 2.45) is 0 Å². The number of piperidine rings is 1. The summed E-state index contributed by atoms with van der Waals surface area (Å²) in [7, 11) is 0. The van der Waals surface area contributed by atoms with E-state index in [1.165, 1.54) is 0 Å². The Morgan fingerprint density at radius 3 is 2.42 bits per heavy atom. The zero-order valence-electron chi connectivity index (χ0n) is 22.3. The standard InChI is InChI=1S/C31H33N7O2/c32-29-28(16-24(17-34-29)25-18-35-38(19-25)27-10-13-33-14-11-27)30(39)36-26-12-15-37(20-26)31(40)23-8-6-22(7-9-23)21-4-2-1-3-5-21/h1-9,16-19,26-27,33H,10-15,20H2,(H2,32,34)(H,36,39)/t26-/m1/s1. The molecule has 4 N–H and O–H groups in total. The Morgan fingerprint density at radius 2 is 1.65 bits per heavy atom. The highest BCUT2D eigenvalue weighted by molar-refractivity contribution is 6.00. The van der Waals surface area contributed by atoms with Crippen LogP contribution in [0.2, 0.25) is 0 Å². The van der Waals surface area contributed by atoms with Crippen LogP contribution in [0.5, 0.6) is 0 Å². The molecule has 4 aromatic rings. The number of benzene rings is 2. The van der Waals surface area contributed by atoms with Crippen molar-refractivity contribution in [3.63, 3.8) is 0 Å². The van der Waals surface area contributed by atoms with E-state index in [9.17, 15) is 9.59 Å². The van der Waals surface area contributed by atoms with Gasteiger partial charge in [0.15, 0.2) is 0 Å². The molecule has 2 amide bonds. The summed E-state index contributed by atoms with van der Waals surface area (Å²) in [5, 5.41) is 11.0. The third kappa shape index (κ3) is 5.46. The zero-order valence-corrected chi connectivity index (χ0v) is 22.3. The van der Waals surface area contributed by atoms with Gasteiger partial charge in [-0.15, -0.1) is 0 Å². The molecule has 0 saturated carbocycles. The highest BCUT2D eigenvalue weighted by atomic mass is 16.2. The fourth-order valence-electron chi connectivity index (χ4n) is 5.52. The van der Waals surface area contributed by atoms with Gasteiger partial charge in [0.2, 0.25) is 0 Å². The predicted octanol–water partition coefficient (Wildman–Crippen LogP) is 3.76. The number of nitrogens with one attached hydrogen (secondary N) is 2. The summed E-state index contributed by atoms with van der Waals surface area (Å²) in [5.74, 6) is -0.147. The Morgan fingerprint density at radius 1 is 0.900 bits per heavy atom. The van der Waals surface area contributed by atoms with Gasteiger partial charge in [0.05, 0.1) is 17.8 Å². The molecule has 9 nitrogen and oxygen atoms in total. The minimum atomic E-state index is -0.288. The van der Waals surface area contributed by atoms with Crippen LogP contribution in [0.4, 0.5) is 5.82 Å². The molecule has 6 rings (SSSR count). The number of carbonyl (C=O) groups excluding carboxylic acids is 2. The van der Waals surface area contributed by atoms with Gasteiger partial charge in [-0.2, -0.15) is 5.10 Å². The molecule has 2 aliphatic heterocycles. The van der Waals surface area contributed by atoms with Gasteiger partial charge in [0.25, 0.3) is 11.8 Å². The van der Waals surface area contributed by atoms with Gasteiger partial charge in [-0.3, -0.25) is 14.3 Å². The summed E-state index contributed by atoms with van der Waals surface area (Å²) >= 11 is 0. The van der Waals surface area contributed by atoms with E-state index in [0.29, 0.717) is 36.7 Å². The summed E-state index contributed by atoms with van der Waals surface area (Å²) < 4.78 is 2.01. The number of nitrogen functional groups attached to an aromatic ring is 1. The number of anilines is 1. The van der Waals surface area contributed by atoms with Crippen LogP contribution in [0.1, 0.15) is 46.0 Å². The molecule has 9 heteroatoms. The topological polar surface area (TPSA) is 118 Å². The van der Waals surface area contributed by atoms with E-state index in [4.69, 9.17) is 5.73 Å². The molecule has 0 spiro atoms. The molecule has 2 fully saturated rings. The third-order valence-corrected chi connectivity index (χ3v) is 7.83. The second-order valence-corrected chi connectivity index (χ2v) is 10.5. The highest BCUT2D eigenvalue weighted by Crippen LogP contribution is 2.26. The van der Waals surface area contributed by atoms with Gasteiger partial charge in [0, 0.05) is 48.2 Å². The molecule has 0 unspecified atom stereocenters. The fourth-order valence-corrected chi connectivity index (χ4v) is 5.52. The van der Waals surface area contributed by atoms with Crippen LogP contribution >= 0.6 is 0 Å². The van der Waals surface area contributed by atoms with E-state index in [0.717, 1.165) is 48.2 Å². The van der Waals surface area contributed by atoms with Crippen LogP contribution < -0.4 is 16.4 Å². The molecule has 4 heterocycles. The molecular formula is C31H33N7O2. The van der Waals surface area contributed by atoms with Gasteiger partial charge < -0.3 is 21.3 Å². The SMILES string of the molecule is Nc1ncc(-c2cnn(C3CCNCC3)c2)cc1C(=O)N[C@@H]1CCN(C(=O)c2ccc(-c3ccccc3)cc2)C1. The van der Waals surface area contributed by atoms with Gasteiger partial charge in [-0.25, -0.2) is 4.98 Å². The number of hydrogen-bond donors (Lipinski definition) is 3. The quantitative estimate of drug-likeness (QED) is 0.346. The van der Waals surface area contributed by atoms with E-state index in [-0.39, 0.29) is 23.7 Å². The lowest BCUT2D eigenvalue weighted by atomic mass is 10.0. The predicted molar refractivity (Wildman–Crippen MR) is 155 cm³/mol. The Kier molecular flexibility index (Phi) is 7.29. The smallest absolute Gasteiger partial charge is 0.255 e. The summed E-state index contributed by atoms with van der Waals surface area (Å²) in [4.78, 5) is 32.4. The van der Waals surface area contributed by atoms with Gasteiger partial charge in [-0.05, 0) is 61.7 Å². The number of amides is 2. The lowest BCUT2D eigenvalue weighted by Gasteiger charge is -2.22. The molecule has 204 valence electrons. The number of likely N-dealkylation sites (tertiary alicyclic amines) is 1. The van der Waals surface area contributed by atoms with Gasteiger partial charge in [0.1, 0.15) is 5.82 Å². The monoisotopic (exact) mass is 535 g/mol. The van der Waals surface area contributed by atoms with E-state index < -0.39 is 0 Å². The average Bonchev–Trinajstić information content (AvgIpc) is 3.69. The molecule has 2 aromatic carbocycles. The van der Waals surface area contributed by atoms with Crippen LogP contribution in [-0.2, 0) is 0 Å². The summed E-state index contributed by atoms with van der Waals surface area (Å²) in [6.07, 6.45) is 8.25. The van der Waals surface area contributed by atoms with Crippen molar-refractivity contribution in [3.05, 3.63) is 90.4 Å². The number of hydrogen-bond acceptors (Lipinski definition) is 6. The van der Waals surface area contributed by atoms with E-state index >= 15 is 0 Å². The van der Waals surface area contributed by atoms with Crippen molar-refractivity contribution < 1.29 is 9.59 Å². The molecule has 2 saturated heterocycles. The lowest BCUT2D eigenvalue weighted by Crippen LogP contribution is -2.38. The van der Waals surface area contributed by atoms with Crippen molar-refractivity contribution >= 4 is 17.6 Å². The first-order valence-corrected chi connectivity index (χ1v) is 13.8. The minimum absolute atomic E-state index is 0.0368. The van der Waals surface area contributed by atoms with Crippen LogP contribution in [0.3, 0.4) is 0 Å². The first kappa shape index (κ1) is 25.8. The molecule has 1 atom stereocenters. The summed E-state index contributed by atoms with van der Waals surface area (Å²) in [6, 6.07) is 19.7. The maximum absolute atomic E-state index is 13.2. The van der Waals surface area contributed by atoms with Gasteiger partial charge in [-0.1, -0.05) is 42.5 Å². The second kappa shape index (κ2) is 11.3. The molecule has 0 bridgehead atoms. The number of aromatic nitrogens is 3. The molecule has 0 radical (unpaired) electrons. The number of nitrogens with two attached hydrogens (primary N) is 1. The highest BCUT2D eigenvalue weighted by Gasteiger charge is 2.29. The van der Waals surface area contributed by atoms with Crippen molar-refractivity contribution in [1.29, 1.82) is 0 Å². The second-order valence-electron chi connectivity index (χ2n) is 10.5. The number of pyridine rings is 1. The molecule has 0 aliphatic carbocycles. The largest absolute Gasteiger partial charge is 0.383 e. The van der Waals surface area contributed by atoms with E-state index in [1.807, 2.05) is 71.7 Å². The normalized spacial score (nSPS) is 17.6. The minimum Gasteiger partial charge on any atom is -0.383 e. The van der Waals surface area contributed by atoms with Crippen LogP contribution in [0.15, 0.2) is 79.3 Å². The number of carbonyl (C=O) groups is 2. The Hall–Kier alpha value is -4.50. The Bertz CT molecular complexity index is 1490. The van der Waals surface area contributed by atoms with E-state index in [1.54, 1.807) is 17.2 Å². The van der Waals surface area contributed by atoms with E-state index in [2.05, 4.69) is 20.7 Å². The lowest BCUT2D eigenvalue weighted by molar-refractivity contribution is 0.0783. The fraction of sp³-hybridized carbons (Fsp3) is 0.290. The van der Waals surface area contributed by atoms with Crippen LogP contribution in [0.25, 0.3) is 22.3 Å². The summed E-state index contributed by atoms with van der Waals surface area (Å²) in [5.41, 5.74) is 10.9. The van der Waals surface area contributed by atoms with Gasteiger partial charge >= 0.3 is 0 Å². The van der Waals surface area contributed by atoms with Crippen molar-refractivity contribution in [1.82, 2.24) is 30.3 Å². The van der Waals surface area contributed by atoms with Crippen molar-refractivity contribution in [2.45, 2.75) is 31.3 Å². The molecule has 40 heavy (non-hydrogen) atoms. The van der Waals surface area contributed by atoms with Crippen LogP contribution in [0, 0.1) is 0 Å². The maximum Gasteiger partial charge on any atom is 0.255 e. The van der Waals surface area contributed by atoms with Crippen molar-refractivity contribution in [3.8, 4) is 22.3 Å².